The van der Waals surface area contributed by atoms with Crippen LogP contribution in [0.5, 0.6) is 0 Å². The zero-order chi connectivity index (χ0) is 11.3. The lowest BCUT2D eigenvalue weighted by molar-refractivity contribution is 0.836. The minimum absolute atomic E-state index is 0. The van der Waals surface area contributed by atoms with Gasteiger partial charge in [-0.1, -0.05) is 33.8 Å². The predicted molar refractivity (Wildman–Crippen MR) is 74.6 cm³/mol. The fourth-order valence-electron chi connectivity index (χ4n) is 2.06. The molecule has 1 aromatic carbocycles. The van der Waals surface area contributed by atoms with Crippen molar-refractivity contribution in [3.63, 3.8) is 0 Å². The van der Waals surface area contributed by atoms with Gasteiger partial charge >= 0.3 is 0 Å². The van der Waals surface area contributed by atoms with Gasteiger partial charge in [0.1, 0.15) is 0 Å². The van der Waals surface area contributed by atoms with Crippen molar-refractivity contribution >= 4 is 19.8 Å². The normalized spacial score (nSPS) is 14.0. The van der Waals surface area contributed by atoms with Gasteiger partial charge in [-0.05, 0) is 12.1 Å². The second-order valence-corrected chi connectivity index (χ2v) is 3.23. The molecule has 2 aliphatic rings. The lowest BCUT2D eigenvalue weighted by Crippen LogP contribution is -2.07. The first-order chi connectivity index (χ1) is 7.45. The van der Waals surface area contributed by atoms with E-state index in [1.807, 2.05) is 27.7 Å². The van der Waals surface area contributed by atoms with Gasteiger partial charge in [-0.3, -0.25) is 0 Å². The molecule has 2 N–H and O–H groups in total. The highest BCUT2D eigenvalue weighted by atomic mass is 15.0. The molecule has 3 heteroatoms. The lowest BCUT2D eigenvalue weighted by Gasteiger charge is -2.02. The first-order valence-corrected chi connectivity index (χ1v) is 6.06. The summed E-state index contributed by atoms with van der Waals surface area (Å²) in [5, 5.41) is 6.80. The van der Waals surface area contributed by atoms with E-state index in [0.717, 1.165) is 19.0 Å². The van der Waals surface area contributed by atoms with Crippen LogP contribution in [0.4, 0.5) is 11.4 Å². The Hall–Kier alpha value is -1.12. The molecule has 16 heavy (non-hydrogen) atoms. The monoisotopic (exact) mass is 217 g/mol. The summed E-state index contributed by atoms with van der Waals surface area (Å²) in [6, 6.07) is 6.42. The van der Waals surface area contributed by atoms with E-state index in [2.05, 4.69) is 28.8 Å². The highest BCUT2D eigenvalue weighted by molar-refractivity contribution is 5.75. The molecule has 0 saturated heterocycles. The van der Waals surface area contributed by atoms with Crippen LogP contribution in [0.3, 0.4) is 0 Å². The number of hydrogen-bond donors (Lipinski definition) is 2. The van der Waals surface area contributed by atoms with Crippen molar-refractivity contribution in [1.29, 1.82) is 0 Å². The molecule has 0 saturated carbocycles. The van der Waals surface area contributed by atoms with E-state index in [0.29, 0.717) is 0 Å². The second-order valence-electron chi connectivity index (χ2n) is 3.23. The summed E-state index contributed by atoms with van der Waals surface area (Å²) in [4.78, 5) is 0. The number of hydrogen-bond acceptors (Lipinski definition) is 2. The molecule has 0 atom stereocenters. The number of benzene rings is 1. The Balaban J connectivity index is 0.000000411. The maximum absolute atomic E-state index is 3.40. The topological polar surface area (TPSA) is 24.1 Å². The molecular weight excluding hydrogens is 195 g/mol. The van der Waals surface area contributed by atoms with Crippen LogP contribution in [0.1, 0.15) is 39.2 Å². The highest BCUT2D eigenvalue weighted by Gasteiger charge is 2.29. The van der Waals surface area contributed by atoms with Gasteiger partial charge in [0.05, 0.1) is 0 Å². The summed E-state index contributed by atoms with van der Waals surface area (Å²) in [5.41, 5.74) is 4.17. The van der Waals surface area contributed by atoms with Gasteiger partial charge < -0.3 is 10.6 Å². The van der Waals surface area contributed by atoms with E-state index in [-0.39, 0.29) is 8.41 Å². The summed E-state index contributed by atoms with van der Waals surface area (Å²) in [7, 11) is 0. The van der Waals surface area contributed by atoms with Crippen molar-refractivity contribution < 1.29 is 0 Å². The largest absolute Gasteiger partial charge is 0.384 e. The third kappa shape index (κ3) is 2.52. The molecule has 2 heterocycles. The zero-order valence-corrected chi connectivity index (χ0v) is 10.8. The Kier molecular flexibility index (Phi) is 6.70. The molecule has 0 bridgehead atoms. The summed E-state index contributed by atoms with van der Waals surface area (Å²) in [5.74, 6) is 0.723. The minimum Gasteiger partial charge on any atom is -0.384 e. The van der Waals surface area contributed by atoms with E-state index in [1.54, 1.807) is 0 Å². The molecule has 0 aliphatic carbocycles. The van der Waals surface area contributed by atoms with Gasteiger partial charge in [-0.15, -0.1) is 0 Å². The van der Waals surface area contributed by atoms with Crippen molar-refractivity contribution in [3.05, 3.63) is 23.8 Å². The maximum Gasteiger partial charge on any atom is 0.0397 e. The fourth-order valence-corrected chi connectivity index (χ4v) is 2.06. The van der Waals surface area contributed by atoms with Gasteiger partial charge in [-0.25, -0.2) is 0 Å². The molecule has 3 rings (SSSR count). The van der Waals surface area contributed by atoms with Crippen molar-refractivity contribution in [1.82, 2.24) is 0 Å². The van der Waals surface area contributed by atoms with Crippen LogP contribution in [0.15, 0.2) is 18.2 Å². The maximum atomic E-state index is 3.40. The molecule has 2 aliphatic heterocycles. The highest BCUT2D eigenvalue weighted by Crippen LogP contribution is 2.41. The minimum atomic E-state index is 0. The SMILES string of the molecule is CC.CC.[B].c1cc2c3c(c1)NCC3CN2. The molecule has 0 unspecified atom stereocenters. The molecule has 0 amide bonds. The number of anilines is 2. The molecule has 3 radical (unpaired) electrons. The molecule has 0 fully saturated rings. The van der Waals surface area contributed by atoms with E-state index in [1.165, 1.54) is 16.9 Å². The van der Waals surface area contributed by atoms with Crippen LogP contribution in [-0.4, -0.2) is 21.5 Å². The molecule has 1 aromatic rings. The van der Waals surface area contributed by atoms with Crippen LogP contribution < -0.4 is 10.6 Å². The Morgan fingerprint density at radius 3 is 1.81 bits per heavy atom. The first-order valence-electron chi connectivity index (χ1n) is 6.06. The zero-order valence-electron chi connectivity index (χ0n) is 10.8. The number of rotatable bonds is 0. The third-order valence-corrected chi connectivity index (χ3v) is 2.59. The van der Waals surface area contributed by atoms with Gasteiger partial charge in [0.2, 0.25) is 0 Å². The molecule has 87 valence electrons. The Morgan fingerprint density at radius 2 is 1.38 bits per heavy atom. The average Bonchev–Trinajstić information content (AvgIpc) is 2.93. The smallest absolute Gasteiger partial charge is 0.0397 e. The van der Waals surface area contributed by atoms with Gasteiger partial charge in [-0.2, -0.15) is 0 Å². The van der Waals surface area contributed by atoms with Crippen LogP contribution >= 0.6 is 0 Å². The fraction of sp³-hybridized carbons (Fsp3) is 0.538. The number of nitrogens with one attached hydrogen (secondary N) is 2. The third-order valence-electron chi connectivity index (χ3n) is 2.59. The van der Waals surface area contributed by atoms with Crippen LogP contribution in [0.2, 0.25) is 0 Å². The predicted octanol–water partition coefficient (Wildman–Crippen LogP) is 3.29. The Morgan fingerprint density at radius 1 is 0.938 bits per heavy atom. The van der Waals surface area contributed by atoms with Crippen LogP contribution in [0.25, 0.3) is 0 Å². The van der Waals surface area contributed by atoms with Crippen molar-refractivity contribution in [2.24, 2.45) is 0 Å². The summed E-state index contributed by atoms with van der Waals surface area (Å²) < 4.78 is 0. The van der Waals surface area contributed by atoms with Crippen LogP contribution in [0, 0.1) is 0 Å². The quantitative estimate of drug-likeness (QED) is 0.651. The van der Waals surface area contributed by atoms with E-state index < -0.39 is 0 Å². The Bertz CT molecular complexity index is 287. The summed E-state index contributed by atoms with van der Waals surface area (Å²) >= 11 is 0. The van der Waals surface area contributed by atoms with E-state index in [4.69, 9.17) is 0 Å². The van der Waals surface area contributed by atoms with Gasteiger partial charge in [0, 0.05) is 44.4 Å². The molecular formula is C13H22BN2. The van der Waals surface area contributed by atoms with Crippen molar-refractivity contribution in [3.8, 4) is 0 Å². The Labute approximate surface area is 101 Å². The van der Waals surface area contributed by atoms with Gasteiger partial charge in [0.25, 0.3) is 0 Å². The van der Waals surface area contributed by atoms with Crippen molar-refractivity contribution in [2.45, 2.75) is 33.6 Å². The molecule has 0 spiro atoms. The van der Waals surface area contributed by atoms with Crippen LogP contribution in [-0.2, 0) is 0 Å². The van der Waals surface area contributed by atoms with Crippen molar-refractivity contribution in [2.75, 3.05) is 23.7 Å². The molecule has 0 aromatic heterocycles. The average molecular weight is 217 g/mol. The first kappa shape index (κ1) is 14.9. The van der Waals surface area contributed by atoms with E-state index >= 15 is 0 Å². The standard InChI is InChI=1S/C9H10N2.2C2H6.B/c1-2-7-9-6(4-10-7)5-11-8(9)3-1;2*1-2;/h1-3,6,10-11H,4-5H2;2*1-2H3;. The lowest BCUT2D eigenvalue weighted by atomic mass is 10.0. The summed E-state index contributed by atoms with van der Waals surface area (Å²) in [6.07, 6.45) is 0. The molecule has 2 nitrogen and oxygen atoms in total. The van der Waals surface area contributed by atoms with Gasteiger partial charge in [0.15, 0.2) is 0 Å². The summed E-state index contributed by atoms with van der Waals surface area (Å²) in [6.45, 7) is 10.2. The second kappa shape index (κ2) is 7.21. The van der Waals surface area contributed by atoms with E-state index in [9.17, 15) is 0 Å².